The van der Waals surface area contributed by atoms with Crippen LogP contribution < -0.4 is 0 Å². The van der Waals surface area contributed by atoms with Gasteiger partial charge in [-0.3, -0.25) is 0 Å². The van der Waals surface area contributed by atoms with Crippen molar-refractivity contribution in [3.05, 3.63) is 54.1 Å². The van der Waals surface area contributed by atoms with E-state index in [1.807, 2.05) is 34.6 Å². The van der Waals surface area contributed by atoms with Gasteiger partial charge >= 0.3 is 30.2 Å². The molecule has 1 aliphatic carbocycles. The van der Waals surface area contributed by atoms with Crippen LogP contribution in [-0.2, 0) is 28.1 Å². The van der Waals surface area contributed by atoms with Gasteiger partial charge in [-0.15, -0.1) is 42.0 Å². The van der Waals surface area contributed by atoms with E-state index in [2.05, 4.69) is 28.1 Å². The van der Waals surface area contributed by atoms with Gasteiger partial charge in [0.05, 0.1) is 0 Å². The third-order valence-electron chi connectivity index (χ3n) is 1.55. The molecule has 0 aromatic rings. The maximum absolute atomic E-state index is 6.94. The number of ether oxygens (including phenoxy) is 1. The second kappa shape index (κ2) is 16.0. The van der Waals surface area contributed by atoms with Crippen molar-refractivity contribution in [3.8, 4) is 0 Å². The van der Waals surface area contributed by atoms with E-state index in [9.17, 15) is 0 Å². The van der Waals surface area contributed by atoms with E-state index in [-0.39, 0.29) is 45.2 Å². The van der Waals surface area contributed by atoms with Crippen LogP contribution in [0.2, 0.25) is 0 Å². The number of rotatable bonds is 0. The number of allylic oxidation sites excluding steroid dienone is 3. The van der Waals surface area contributed by atoms with Crippen LogP contribution in [0.15, 0.2) is 27.5 Å². The summed E-state index contributed by atoms with van der Waals surface area (Å²) in [6, 6.07) is 0. The van der Waals surface area contributed by atoms with Crippen LogP contribution in [0.5, 0.6) is 0 Å². The number of halogens is 3. The van der Waals surface area contributed by atoms with E-state index < -0.39 is 0 Å². The van der Waals surface area contributed by atoms with E-state index in [1.54, 1.807) is 23.3 Å². The van der Waals surface area contributed by atoms with Crippen molar-refractivity contribution < 1.29 is 28.1 Å². The molecule has 0 unspecified atom stereocenters. The molecule has 0 aromatic heterocycles. The summed E-state index contributed by atoms with van der Waals surface area (Å²) in [4.78, 5) is 0. The van der Waals surface area contributed by atoms with Crippen molar-refractivity contribution in [1.29, 1.82) is 0 Å². The van der Waals surface area contributed by atoms with Gasteiger partial charge in [0.1, 0.15) is 6.61 Å². The van der Waals surface area contributed by atoms with Crippen molar-refractivity contribution in [2.75, 3.05) is 6.61 Å². The summed E-state index contributed by atoms with van der Waals surface area (Å²) in [5.41, 5.74) is 8.99. The van der Waals surface area contributed by atoms with Crippen LogP contribution >= 0.6 is 40.7 Å². The molecule has 0 saturated heterocycles. The zero-order chi connectivity index (χ0) is 13.6. The maximum atomic E-state index is 6.94. The topological polar surface area (TPSA) is 33.0 Å². The molecular formula is C14H26BrCl2NOSiZr-4. The van der Waals surface area contributed by atoms with Gasteiger partial charge in [-0.25, -0.2) is 0 Å². The summed E-state index contributed by atoms with van der Waals surface area (Å²) in [5.74, 6) is 0.893. The molecule has 1 heterocycles. The molecule has 7 heteroatoms. The summed E-state index contributed by atoms with van der Waals surface area (Å²) in [5, 5.41) is 0. The third kappa shape index (κ3) is 15.8. The first-order chi connectivity index (χ1) is 7.77. The van der Waals surface area contributed by atoms with Crippen LogP contribution in [-0.4, -0.2) is 19.0 Å². The van der Waals surface area contributed by atoms with Crippen molar-refractivity contribution in [1.82, 2.24) is 0 Å². The zero-order valence-electron chi connectivity index (χ0n) is 13.6. The Morgan fingerprint density at radius 1 is 1.29 bits per heavy atom. The van der Waals surface area contributed by atoms with Gasteiger partial charge in [0.2, 0.25) is 0 Å². The molecule has 0 aromatic carbocycles. The monoisotopic (exact) mass is 491 g/mol. The Morgan fingerprint density at radius 3 is 2.00 bits per heavy atom. The van der Waals surface area contributed by atoms with Gasteiger partial charge in [-0.2, -0.15) is 11.6 Å². The normalized spacial score (nSPS) is 13.6. The molecule has 0 bridgehead atoms. The Kier molecular flexibility index (Phi) is 25.7. The molecule has 1 aliphatic heterocycles. The standard InChI is InChI=1S/C8H6BrO.C4H10N.2CH3.2ClH.H2Si.Zr/c1-5-2-6-7(9)4-10-8(6)3-5;1-4(2,3)5;;;;;;/h2H,4H2,1H3;5H,1-3H3;2*1H3;2*1H;1H2;/q4*-1;;;;. The first-order valence-electron chi connectivity index (χ1n) is 5.22. The van der Waals surface area contributed by atoms with Crippen molar-refractivity contribution in [3.63, 3.8) is 0 Å². The molecule has 126 valence electrons. The molecule has 2 aliphatic rings. The second-order valence-electron chi connectivity index (χ2n) is 4.64. The summed E-state index contributed by atoms with van der Waals surface area (Å²) in [6.45, 7) is 10.2. The van der Waals surface area contributed by atoms with Crippen molar-refractivity contribution in [2.24, 2.45) is 0 Å². The quantitative estimate of drug-likeness (QED) is 0.346. The van der Waals surface area contributed by atoms with Crippen LogP contribution in [0.25, 0.3) is 5.73 Å². The average Bonchev–Trinajstić information content (AvgIpc) is 2.69. The van der Waals surface area contributed by atoms with Gasteiger partial charge in [-0.1, -0.05) is 43.6 Å². The van der Waals surface area contributed by atoms with Gasteiger partial charge in [0.15, 0.2) is 0 Å². The van der Waals surface area contributed by atoms with E-state index in [0.29, 0.717) is 6.61 Å². The van der Waals surface area contributed by atoms with Crippen molar-refractivity contribution >= 4 is 47.6 Å². The number of nitrogens with one attached hydrogen (secondary N) is 1. The predicted molar refractivity (Wildman–Crippen MR) is 102 cm³/mol. The molecule has 0 atom stereocenters. The van der Waals surface area contributed by atoms with E-state index in [1.165, 1.54) is 0 Å². The van der Waals surface area contributed by atoms with Crippen LogP contribution in [0, 0.1) is 20.9 Å². The fraction of sp³-hybridized carbons (Fsp3) is 0.429. The summed E-state index contributed by atoms with van der Waals surface area (Å²) >= 11 is 5.00. The molecule has 0 fully saturated rings. The fourth-order valence-corrected chi connectivity index (χ4v) is 1.50. The summed E-state index contributed by atoms with van der Waals surface area (Å²) in [6.07, 6.45) is 5.19. The number of hydrogen-bond acceptors (Lipinski definition) is 1. The van der Waals surface area contributed by atoms with Crippen LogP contribution in [0.3, 0.4) is 0 Å². The minimum atomic E-state index is -0.250. The SMILES string of the molecule is CC(C)(C)[NH-].CC1=CC2=C(Br)COC2=[C-]1.Cl.Cl.[CH3-].[CH3-].[SiH2]=[Zr]. The Hall–Kier alpha value is 1.14. The Morgan fingerprint density at radius 2 is 1.67 bits per heavy atom. The minimum absolute atomic E-state index is 0. The van der Waals surface area contributed by atoms with E-state index in [4.69, 9.17) is 10.5 Å². The molecule has 0 amide bonds. The van der Waals surface area contributed by atoms with E-state index in [0.717, 1.165) is 21.4 Å². The fourth-order valence-electron chi connectivity index (χ4n) is 1.09. The van der Waals surface area contributed by atoms with Gasteiger partial charge in [0, 0.05) is 5.76 Å². The Bertz CT molecular complexity index is 374. The molecule has 21 heavy (non-hydrogen) atoms. The average molecular weight is 494 g/mol. The first kappa shape index (κ1) is 33.7. The first-order valence-corrected chi connectivity index (χ1v) is 11.9. The Labute approximate surface area is 168 Å². The molecule has 0 radical (unpaired) electrons. The molecule has 0 saturated carbocycles. The number of hydrogen-bond donors (Lipinski definition) is 0. The molecule has 2 rings (SSSR count). The molecule has 1 N–H and O–H groups in total. The summed E-state index contributed by atoms with van der Waals surface area (Å²) < 4.78 is 6.42. The summed E-state index contributed by atoms with van der Waals surface area (Å²) in [7, 11) is 0. The zero-order valence-corrected chi connectivity index (χ0v) is 20.7. The molecule has 0 spiro atoms. The van der Waals surface area contributed by atoms with Gasteiger partial charge in [0.25, 0.3) is 0 Å². The van der Waals surface area contributed by atoms with Gasteiger partial charge < -0.3 is 25.3 Å². The Balaban J connectivity index is -0.0000000695. The third-order valence-corrected chi connectivity index (χ3v) is 2.21. The molecular weight excluding hydrogens is 468 g/mol. The number of fused-ring (bicyclic) bond motifs is 1. The second-order valence-corrected chi connectivity index (χ2v) is 5.60. The predicted octanol–water partition coefficient (Wildman–Crippen LogP) is 4.98. The van der Waals surface area contributed by atoms with E-state index >= 15 is 0 Å². The van der Waals surface area contributed by atoms with Gasteiger partial charge in [-0.05, 0) is 4.48 Å². The van der Waals surface area contributed by atoms with Crippen LogP contribution in [0.4, 0.5) is 0 Å². The molecule has 2 nitrogen and oxygen atoms in total. The van der Waals surface area contributed by atoms with Crippen molar-refractivity contribution in [2.45, 2.75) is 33.2 Å². The van der Waals surface area contributed by atoms with Crippen LogP contribution in [0.1, 0.15) is 27.7 Å².